The van der Waals surface area contributed by atoms with Gasteiger partial charge in [-0.2, -0.15) is 0 Å². The molecule has 1 aliphatic heterocycles. The minimum atomic E-state index is -0.429. The maximum Gasteiger partial charge on any atom is 0.241 e. The van der Waals surface area contributed by atoms with Gasteiger partial charge in [0.25, 0.3) is 0 Å². The molecule has 0 spiro atoms. The smallest absolute Gasteiger partial charge is 0.241 e. The van der Waals surface area contributed by atoms with Gasteiger partial charge < -0.3 is 16.0 Å². The number of carbonyl (C=O) groups excluding carboxylic acids is 1. The number of nitrogens with one attached hydrogen (secondary N) is 1. The number of carbonyl (C=O) groups is 1. The summed E-state index contributed by atoms with van der Waals surface area (Å²) in [6.45, 7) is 4.17. The molecule has 19 heavy (non-hydrogen) atoms. The van der Waals surface area contributed by atoms with Crippen molar-refractivity contribution in [3.05, 3.63) is 24.3 Å². The fourth-order valence-electron chi connectivity index (χ4n) is 2.33. The van der Waals surface area contributed by atoms with E-state index in [1.54, 1.807) is 0 Å². The number of nitrogens with zero attached hydrogens (tertiary/aromatic N) is 1. The number of amides is 1. The molecule has 0 bridgehead atoms. The van der Waals surface area contributed by atoms with Crippen molar-refractivity contribution in [2.24, 2.45) is 5.73 Å². The van der Waals surface area contributed by atoms with Crippen LogP contribution in [0.1, 0.15) is 32.6 Å². The molecule has 1 aromatic carbocycles. The van der Waals surface area contributed by atoms with Gasteiger partial charge in [0.15, 0.2) is 0 Å². The average Bonchev–Trinajstić information content (AvgIpc) is 2.48. The Kier molecular flexibility index (Phi) is 4.80. The molecule has 0 saturated carbocycles. The molecule has 104 valence electrons. The van der Waals surface area contributed by atoms with Crippen molar-refractivity contribution in [1.82, 2.24) is 0 Å². The fraction of sp³-hybridized carbons (Fsp3) is 0.533. The summed E-state index contributed by atoms with van der Waals surface area (Å²) < 4.78 is 0. The van der Waals surface area contributed by atoms with Crippen LogP contribution in [0, 0.1) is 0 Å². The maximum absolute atomic E-state index is 11.7. The first kappa shape index (κ1) is 13.9. The fourth-order valence-corrected chi connectivity index (χ4v) is 2.33. The summed E-state index contributed by atoms with van der Waals surface area (Å²) in [5.41, 5.74) is 7.74. The van der Waals surface area contributed by atoms with Crippen molar-refractivity contribution in [1.29, 1.82) is 0 Å². The third-order valence-corrected chi connectivity index (χ3v) is 3.63. The molecule has 1 heterocycles. The molecule has 4 heteroatoms. The van der Waals surface area contributed by atoms with Crippen LogP contribution < -0.4 is 16.0 Å². The van der Waals surface area contributed by atoms with Crippen LogP contribution in [0.4, 0.5) is 11.4 Å². The molecule has 0 aliphatic carbocycles. The van der Waals surface area contributed by atoms with Crippen LogP contribution in [0.5, 0.6) is 0 Å². The molecule has 0 aromatic heterocycles. The van der Waals surface area contributed by atoms with Crippen molar-refractivity contribution in [2.75, 3.05) is 23.3 Å². The summed E-state index contributed by atoms with van der Waals surface area (Å²) >= 11 is 0. The number of anilines is 2. The van der Waals surface area contributed by atoms with Crippen molar-refractivity contribution < 1.29 is 4.79 Å². The first-order valence-electron chi connectivity index (χ1n) is 7.12. The predicted octanol–water partition coefficient (Wildman–Crippen LogP) is 2.35. The molecule has 1 aliphatic rings. The summed E-state index contributed by atoms with van der Waals surface area (Å²) in [6.07, 6.45) is 4.52. The third kappa shape index (κ3) is 3.70. The summed E-state index contributed by atoms with van der Waals surface area (Å²) in [7, 11) is 0. The molecular formula is C15H23N3O. The van der Waals surface area contributed by atoms with Gasteiger partial charge in [0, 0.05) is 24.5 Å². The first-order valence-corrected chi connectivity index (χ1v) is 7.12. The first-order chi connectivity index (χ1) is 9.20. The second-order valence-electron chi connectivity index (χ2n) is 5.10. The lowest BCUT2D eigenvalue weighted by atomic mass is 10.1. The molecule has 1 unspecified atom stereocenters. The SMILES string of the molecule is CCC(N)C(=O)Nc1ccc(N2CCCCC2)cc1. The van der Waals surface area contributed by atoms with Gasteiger partial charge in [-0.15, -0.1) is 0 Å². The van der Waals surface area contributed by atoms with Crippen LogP contribution in [0.15, 0.2) is 24.3 Å². The highest BCUT2D eigenvalue weighted by molar-refractivity contribution is 5.94. The lowest BCUT2D eigenvalue weighted by molar-refractivity contribution is -0.117. The standard InChI is InChI=1S/C15H23N3O/c1-2-14(16)15(19)17-12-6-8-13(9-7-12)18-10-4-3-5-11-18/h6-9,14H,2-5,10-11,16H2,1H3,(H,17,19). The van der Waals surface area contributed by atoms with Crippen molar-refractivity contribution >= 4 is 17.3 Å². The van der Waals surface area contributed by atoms with Gasteiger partial charge in [0.2, 0.25) is 5.91 Å². The number of benzene rings is 1. The van der Waals surface area contributed by atoms with Crippen LogP contribution >= 0.6 is 0 Å². The normalized spacial score (nSPS) is 17.1. The number of nitrogens with two attached hydrogens (primary N) is 1. The van der Waals surface area contributed by atoms with Crippen LogP contribution in [-0.4, -0.2) is 25.0 Å². The molecule has 1 fully saturated rings. The molecule has 1 atom stereocenters. The Morgan fingerprint density at radius 1 is 1.26 bits per heavy atom. The number of hydrogen-bond acceptors (Lipinski definition) is 3. The van der Waals surface area contributed by atoms with Gasteiger partial charge in [0.1, 0.15) is 0 Å². The Balaban J connectivity index is 1.96. The highest BCUT2D eigenvalue weighted by Crippen LogP contribution is 2.21. The lowest BCUT2D eigenvalue weighted by Crippen LogP contribution is -2.34. The summed E-state index contributed by atoms with van der Waals surface area (Å²) in [5.74, 6) is -0.117. The second kappa shape index (κ2) is 6.57. The Morgan fingerprint density at radius 3 is 2.47 bits per heavy atom. The van der Waals surface area contributed by atoms with Crippen molar-refractivity contribution in [3.63, 3.8) is 0 Å². The second-order valence-corrected chi connectivity index (χ2v) is 5.10. The molecule has 3 N–H and O–H groups in total. The van der Waals surface area contributed by atoms with E-state index in [9.17, 15) is 4.79 Å². The van der Waals surface area contributed by atoms with Gasteiger partial charge in [0.05, 0.1) is 6.04 Å². The number of piperidine rings is 1. The van der Waals surface area contributed by atoms with Crippen molar-refractivity contribution in [3.8, 4) is 0 Å². The van der Waals surface area contributed by atoms with E-state index in [2.05, 4.69) is 22.3 Å². The van der Waals surface area contributed by atoms with E-state index in [0.717, 1.165) is 18.8 Å². The van der Waals surface area contributed by atoms with E-state index < -0.39 is 6.04 Å². The Labute approximate surface area is 115 Å². The summed E-state index contributed by atoms with van der Waals surface area (Å²) in [4.78, 5) is 14.1. The Morgan fingerprint density at radius 2 is 1.89 bits per heavy atom. The monoisotopic (exact) mass is 261 g/mol. The zero-order valence-electron chi connectivity index (χ0n) is 11.6. The van der Waals surface area contributed by atoms with Gasteiger partial charge >= 0.3 is 0 Å². The Hall–Kier alpha value is -1.55. The largest absolute Gasteiger partial charge is 0.372 e. The zero-order valence-corrected chi connectivity index (χ0v) is 11.6. The minimum Gasteiger partial charge on any atom is -0.372 e. The molecule has 1 saturated heterocycles. The van der Waals surface area contributed by atoms with E-state index in [-0.39, 0.29) is 5.91 Å². The van der Waals surface area contributed by atoms with Gasteiger partial charge in [-0.1, -0.05) is 6.92 Å². The molecule has 1 amide bonds. The lowest BCUT2D eigenvalue weighted by Gasteiger charge is -2.28. The third-order valence-electron chi connectivity index (χ3n) is 3.63. The molecular weight excluding hydrogens is 238 g/mol. The van der Waals surface area contributed by atoms with E-state index in [0.29, 0.717) is 6.42 Å². The van der Waals surface area contributed by atoms with Gasteiger partial charge in [-0.3, -0.25) is 4.79 Å². The number of hydrogen-bond donors (Lipinski definition) is 2. The van der Waals surface area contributed by atoms with Crippen LogP contribution in [-0.2, 0) is 4.79 Å². The average molecular weight is 261 g/mol. The Bertz CT molecular complexity index is 410. The molecule has 2 rings (SSSR count). The molecule has 1 aromatic rings. The van der Waals surface area contributed by atoms with Crippen LogP contribution in [0.25, 0.3) is 0 Å². The number of rotatable bonds is 4. The quantitative estimate of drug-likeness (QED) is 0.874. The van der Waals surface area contributed by atoms with Gasteiger partial charge in [-0.05, 0) is 49.9 Å². The van der Waals surface area contributed by atoms with Gasteiger partial charge in [-0.25, -0.2) is 0 Å². The minimum absolute atomic E-state index is 0.117. The molecule has 4 nitrogen and oxygen atoms in total. The summed E-state index contributed by atoms with van der Waals surface area (Å²) in [5, 5.41) is 2.84. The van der Waals surface area contributed by atoms with E-state index >= 15 is 0 Å². The van der Waals surface area contributed by atoms with Crippen LogP contribution in [0.2, 0.25) is 0 Å². The zero-order chi connectivity index (χ0) is 13.7. The van der Waals surface area contributed by atoms with Crippen molar-refractivity contribution in [2.45, 2.75) is 38.6 Å². The van der Waals surface area contributed by atoms with Crippen LogP contribution in [0.3, 0.4) is 0 Å². The highest BCUT2D eigenvalue weighted by atomic mass is 16.2. The predicted molar refractivity (Wildman–Crippen MR) is 79.4 cm³/mol. The maximum atomic E-state index is 11.7. The highest BCUT2D eigenvalue weighted by Gasteiger charge is 2.12. The van der Waals surface area contributed by atoms with E-state index in [4.69, 9.17) is 5.73 Å². The topological polar surface area (TPSA) is 58.4 Å². The van der Waals surface area contributed by atoms with E-state index in [1.807, 2.05) is 19.1 Å². The van der Waals surface area contributed by atoms with E-state index in [1.165, 1.54) is 24.9 Å². The summed E-state index contributed by atoms with van der Waals surface area (Å²) in [6, 6.07) is 7.60. The molecule has 0 radical (unpaired) electrons.